The maximum Gasteiger partial charge on any atom is 0.243 e. The van der Waals surface area contributed by atoms with Crippen LogP contribution in [-0.2, 0) is 4.79 Å². The number of guanidine groups is 1. The molecule has 1 atom stereocenters. The van der Waals surface area contributed by atoms with E-state index in [4.69, 9.17) is 0 Å². The second-order valence-electron chi connectivity index (χ2n) is 7.39. The molecule has 0 saturated carbocycles. The Morgan fingerprint density at radius 3 is 2.64 bits per heavy atom. The number of carbonyl (C=O) groups is 1. The first-order chi connectivity index (χ1) is 13.0. The average Bonchev–Trinajstić information content (AvgIpc) is 3.20. The van der Waals surface area contributed by atoms with Gasteiger partial charge in [0.15, 0.2) is 5.96 Å². The number of nitrogens with one attached hydrogen (secondary N) is 2. The monoisotopic (exact) mass is 501 g/mol. The fourth-order valence-corrected chi connectivity index (χ4v) is 3.08. The average molecular weight is 501 g/mol. The maximum atomic E-state index is 11.9. The number of nitrogens with zero attached hydrogens (tertiary/aromatic N) is 3. The highest BCUT2D eigenvalue weighted by molar-refractivity contribution is 14.0. The summed E-state index contributed by atoms with van der Waals surface area (Å²) in [6.45, 7) is 7.57. The van der Waals surface area contributed by atoms with Crippen LogP contribution in [0.15, 0.2) is 29.3 Å². The van der Waals surface area contributed by atoms with E-state index in [1.807, 2.05) is 0 Å². The third-order valence-electron chi connectivity index (χ3n) is 4.89. The Balaban J connectivity index is 0.00000392. The normalized spacial score (nSPS) is 15.0. The minimum atomic E-state index is -0.00437. The van der Waals surface area contributed by atoms with E-state index >= 15 is 0 Å². The molecule has 0 aliphatic carbocycles. The molecule has 1 amide bonds. The van der Waals surface area contributed by atoms with Gasteiger partial charge in [-0.05, 0) is 43.9 Å². The van der Waals surface area contributed by atoms with E-state index in [1.165, 1.54) is 24.1 Å². The lowest BCUT2D eigenvalue weighted by Gasteiger charge is -2.22. The van der Waals surface area contributed by atoms with Crippen molar-refractivity contribution >= 4 is 41.5 Å². The molecule has 7 heteroatoms. The molecular formula is C21H36IN5O. The number of rotatable bonds is 8. The predicted octanol–water partition coefficient (Wildman–Crippen LogP) is 3.39. The number of hydrogen-bond acceptors (Lipinski definition) is 3. The van der Waals surface area contributed by atoms with E-state index in [0.29, 0.717) is 5.96 Å². The Morgan fingerprint density at radius 1 is 1.29 bits per heavy atom. The summed E-state index contributed by atoms with van der Waals surface area (Å²) < 4.78 is 0. The summed E-state index contributed by atoms with van der Waals surface area (Å²) in [7, 11) is 3.50. The van der Waals surface area contributed by atoms with Gasteiger partial charge in [-0.2, -0.15) is 0 Å². The summed E-state index contributed by atoms with van der Waals surface area (Å²) in [6.07, 6.45) is 4.73. The molecular weight excluding hydrogens is 465 g/mol. The number of likely N-dealkylation sites (N-methyl/N-ethyl adjacent to an activating group) is 1. The summed E-state index contributed by atoms with van der Waals surface area (Å²) in [5, 5.41) is 6.80. The van der Waals surface area contributed by atoms with E-state index in [1.54, 1.807) is 19.0 Å². The molecule has 1 heterocycles. The van der Waals surface area contributed by atoms with Crippen LogP contribution in [0.3, 0.4) is 0 Å². The second-order valence-corrected chi connectivity index (χ2v) is 7.39. The van der Waals surface area contributed by atoms with Gasteiger partial charge in [0, 0.05) is 39.4 Å². The van der Waals surface area contributed by atoms with Crippen LogP contribution in [0, 0.1) is 0 Å². The highest BCUT2D eigenvalue weighted by atomic mass is 127. The summed E-state index contributed by atoms with van der Waals surface area (Å²) in [6, 6.07) is 8.82. The zero-order chi connectivity index (χ0) is 19.6. The molecule has 158 valence electrons. The fraction of sp³-hybridized carbons (Fsp3) is 0.619. The van der Waals surface area contributed by atoms with Crippen LogP contribution in [-0.4, -0.2) is 57.0 Å². The highest BCUT2D eigenvalue weighted by Gasteiger charge is 2.15. The lowest BCUT2D eigenvalue weighted by atomic mass is 10.1. The van der Waals surface area contributed by atoms with E-state index in [0.717, 1.165) is 32.5 Å². The zero-order valence-corrected chi connectivity index (χ0v) is 20.0. The smallest absolute Gasteiger partial charge is 0.243 e. The van der Waals surface area contributed by atoms with Crippen molar-refractivity contribution in [2.75, 3.05) is 45.2 Å². The first-order valence-corrected chi connectivity index (χ1v) is 10.1. The predicted molar refractivity (Wildman–Crippen MR) is 129 cm³/mol. The SMILES string of the molecule is CCCCNC(=NCC(=O)N(C)C)NC(C)c1cccc(N2CCCC2)c1.I. The van der Waals surface area contributed by atoms with Crippen molar-refractivity contribution in [1.82, 2.24) is 15.5 Å². The second kappa shape index (κ2) is 12.9. The van der Waals surface area contributed by atoms with E-state index < -0.39 is 0 Å². The molecule has 1 fully saturated rings. The first kappa shape index (κ1) is 24.5. The largest absolute Gasteiger partial charge is 0.372 e. The van der Waals surface area contributed by atoms with E-state index in [2.05, 4.69) is 58.6 Å². The fourth-order valence-electron chi connectivity index (χ4n) is 3.08. The molecule has 1 aliphatic heterocycles. The van der Waals surface area contributed by atoms with Crippen molar-refractivity contribution in [1.29, 1.82) is 0 Å². The molecule has 1 unspecified atom stereocenters. The molecule has 6 nitrogen and oxygen atoms in total. The van der Waals surface area contributed by atoms with Gasteiger partial charge >= 0.3 is 0 Å². The number of aliphatic imine (C=N–C) groups is 1. The molecule has 1 saturated heterocycles. The lowest BCUT2D eigenvalue weighted by molar-refractivity contribution is -0.127. The number of benzene rings is 1. The van der Waals surface area contributed by atoms with Gasteiger partial charge in [-0.3, -0.25) is 4.79 Å². The van der Waals surface area contributed by atoms with Crippen LogP contribution in [0.1, 0.15) is 51.1 Å². The highest BCUT2D eigenvalue weighted by Crippen LogP contribution is 2.23. The van der Waals surface area contributed by atoms with Gasteiger partial charge in [-0.15, -0.1) is 24.0 Å². The molecule has 0 aromatic heterocycles. The molecule has 0 spiro atoms. The number of amides is 1. The van der Waals surface area contributed by atoms with Gasteiger partial charge in [0.25, 0.3) is 0 Å². The number of unbranched alkanes of at least 4 members (excludes halogenated alkanes) is 1. The van der Waals surface area contributed by atoms with Gasteiger partial charge in [-0.25, -0.2) is 4.99 Å². The lowest BCUT2D eigenvalue weighted by Crippen LogP contribution is -2.40. The summed E-state index contributed by atoms with van der Waals surface area (Å²) >= 11 is 0. The topological polar surface area (TPSA) is 60.0 Å². The molecule has 28 heavy (non-hydrogen) atoms. The first-order valence-electron chi connectivity index (χ1n) is 10.1. The van der Waals surface area contributed by atoms with Crippen molar-refractivity contribution in [3.63, 3.8) is 0 Å². The van der Waals surface area contributed by atoms with E-state index in [9.17, 15) is 4.79 Å². The summed E-state index contributed by atoms with van der Waals surface area (Å²) in [5.41, 5.74) is 2.52. The van der Waals surface area contributed by atoms with Crippen molar-refractivity contribution in [3.05, 3.63) is 29.8 Å². The quantitative estimate of drug-likeness (QED) is 0.248. The number of halogens is 1. The summed E-state index contributed by atoms with van der Waals surface area (Å²) in [4.78, 5) is 20.4. The Labute approximate surface area is 187 Å². The number of anilines is 1. The zero-order valence-electron chi connectivity index (χ0n) is 17.7. The van der Waals surface area contributed by atoms with Crippen LogP contribution < -0.4 is 15.5 Å². The Kier molecular flexibility index (Phi) is 11.3. The molecule has 1 aliphatic rings. The molecule has 0 radical (unpaired) electrons. The van der Waals surface area contributed by atoms with Crippen molar-refractivity contribution in [2.24, 2.45) is 4.99 Å². The minimum absolute atomic E-state index is 0. The minimum Gasteiger partial charge on any atom is -0.372 e. The van der Waals surface area contributed by atoms with Gasteiger partial charge in [0.1, 0.15) is 6.54 Å². The molecule has 2 N–H and O–H groups in total. The van der Waals surface area contributed by atoms with Gasteiger partial charge in [-0.1, -0.05) is 25.5 Å². The van der Waals surface area contributed by atoms with Crippen LogP contribution in [0.25, 0.3) is 0 Å². The van der Waals surface area contributed by atoms with Gasteiger partial charge in [0.2, 0.25) is 5.91 Å². The number of hydrogen-bond donors (Lipinski definition) is 2. The van der Waals surface area contributed by atoms with Crippen LogP contribution in [0.4, 0.5) is 5.69 Å². The van der Waals surface area contributed by atoms with Crippen LogP contribution in [0.5, 0.6) is 0 Å². The van der Waals surface area contributed by atoms with Crippen molar-refractivity contribution < 1.29 is 4.79 Å². The Bertz CT molecular complexity index is 629. The maximum absolute atomic E-state index is 11.9. The van der Waals surface area contributed by atoms with Crippen molar-refractivity contribution in [2.45, 2.75) is 45.6 Å². The molecule has 1 aromatic carbocycles. The van der Waals surface area contributed by atoms with E-state index in [-0.39, 0.29) is 42.5 Å². The molecule has 1 aromatic rings. The third-order valence-corrected chi connectivity index (χ3v) is 4.89. The molecule has 2 rings (SSSR count). The van der Waals surface area contributed by atoms with Gasteiger partial charge < -0.3 is 20.4 Å². The van der Waals surface area contributed by atoms with Crippen LogP contribution >= 0.6 is 24.0 Å². The van der Waals surface area contributed by atoms with Crippen LogP contribution in [0.2, 0.25) is 0 Å². The standard InChI is InChI=1S/C21H35N5O.HI/c1-5-6-12-22-21(23-16-20(27)25(3)4)24-17(2)18-10-9-11-19(15-18)26-13-7-8-14-26;/h9-11,15,17H,5-8,12-14,16H2,1-4H3,(H2,22,23,24);1H. The van der Waals surface area contributed by atoms with Gasteiger partial charge in [0.05, 0.1) is 6.04 Å². The van der Waals surface area contributed by atoms with Crippen molar-refractivity contribution in [3.8, 4) is 0 Å². The Morgan fingerprint density at radius 2 is 2.00 bits per heavy atom. The number of carbonyl (C=O) groups excluding carboxylic acids is 1. The summed E-state index contributed by atoms with van der Waals surface area (Å²) in [5.74, 6) is 0.688. The third kappa shape index (κ3) is 7.85. The molecule has 0 bridgehead atoms. The Hall–Kier alpha value is -1.51.